The van der Waals surface area contributed by atoms with Crippen LogP contribution in [0.4, 0.5) is 0 Å². The van der Waals surface area contributed by atoms with E-state index in [4.69, 9.17) is 9.47 Å². The Bertz CT molecular complexity index is 652. The molecule has 1 unspecified atom stereocenters. The quantitative estimate of drug-likeness (QED) is 0.805. The number of carbonyl (C=O) groups excluding carboxylic acids is 1. The van der Waals surface area contributed by atoms with Crippen molar-refractivity contribution in [2.45, 2.75) is 51.0 Å². The number of rotatable bonds is 7. The Kier molecular flexibility index (Phi) is 6.51. The van der Waals surface area contributed by atoms with E-state index in [1.165, 1.54) is 4.90 Å². The van der Waals surface area contributed by atoms with Crippen LogP contribution in [0.2, 0.25) is 0 Å². The highest BCUT2D eigenvalue weighted by atomic mass is 16.5. The van der Waals surface area contributed by atoms with E-state index in [2.05, 4.69) is 0 Å². The van der Waals surface area contributed by atoms with Crippen molar-refractivity contribution in [3.05, 3.63) is 23.8 Å². The predicted molar refractivity (Wildman–Crippen MR) is 98.6 cm³/mol. The second-order valence-electron chi connectivity index (χ2n) is 7.09. The van der Waals surface area contributed by atoms with Gasteiger partial charge >= 0.3 is 5.97 Å². The fraction of sp³-hybridized carbons (Fsp3) is 0.600. The molecule has 1 saturated carbocycles. The lowest BCUT2D eigenvalue weighted by Crippen LogP contribution is -2.57. The van der Waals surface area contributed by atoms with Gasteiger partial charge in [-0.2, -0.15) is 0 Å². The van der Waals surface area contributed by atoms with Gasteiger partial charge in [0.05, 0.1) is 14.2 Å². The molecule has 1 aromatic carbocycles. The number of amides is 1. The number of hydrogen-bond donors (Lipinski definition) is 1. The van der Waals surface area contributed by atoms with E-state index in [0.29, 0.717) is 30.8 Å². The molecule has 0 saturated heterocycles. The van der Waals surface area contributed by atoms with Crippen molar-refractivity contribution in [2.24, 2.45) is 5.92 Å². The third-order valence-electron chi connectivity index (χ3n) is 5.46. The highest BCUT2D eigenvalue weighted by Gasteiger charge is 2.46. The lowest BCUT2D eigenvalue weighted by Gasteiger charge is -2.42. The molecule has 6 nitrogen and oxygen atoms in total. The third kappa shape index (κ3) is 3.94. The number of carbonyl (C=O) groups is 2. The maximum Gasteiger partial charge on any atom is 0.329 e. The van der Waals surface area contributed by atoms with Gasteiger partial charge in [0.25, 0.3) is 0 Å². The van der Waals surface area contributed by atoms with Crippen molar-refractivity contribution in [1.82, 2.24) is 4.90 Å². The SMILES string of the molecule is COc1ccc(CC(C)C(=O)N(C)C2(C(=O)O)CCCCC2)cc1OC. The molecule has 1 atom stereocenters. The lowest BCUT2D eigenvalue weighted by molar-refractivity contribution is -0.161. The van der Waals surface area contributed by atoms with E-state index in [9.17, 15) is 14.7 Å². The minimum Gasteiger partial charge on any atom is -0.493 e. The number of nitrogens with zero attached hydrogens (tertiary/aromatic N) is 1. The van der Waals surface area contributed by atoms with Gasteiger partial charge < -0.3 is 19.5 Å². The maximum atomic E-state index is 12.9. The van der Waals surface area contributed by atoms with Gasteiger partial charge in [-0.3, -0.25) is 4.79 Å². The zero-order valence-electron chi connectivity index (χ0n) is 16.1. The number of likely N-dealkylation sites (N-methyl/N-ethyl adjacent to an activating group) is 1. The van der Waals surface area contributed by atoms with Crippen molar-refractivity contribution < 1.29 is 24.2 Å². The smallest absolute Gasteiger partial charge is 0.329 e. The summed E-state index contributed by atoms with van der Waals surface area (Å²) in [5, 5.41) is 9.78. The molecule has 0 radical (unpaired) electrons. The summed E-state index contributed by atoms with van der Waals surface area (Å²) in [5.74, 6) is -0.0987. The molecule has 0 aromatic heterocycles. The second kappa shape index (κ2) is 8.43. The van der Waals surface area contributed by atoms with Gasteiger partial charge in [0, 0.05) is 13.0 Å². The number of carboxylic acids is 1. The van der Waals surface area contributed by atoms with E-state index >= 15 is 0 Å². The largest absolute Gasteiger partial charge is 0.493 e. The predicted octanol–water partition coefficient (Wildman–Crippen LogP) is 3.13. The van der Waals surface area contributed by atoms with Crippen LogP contribution in [0.3, 0.4) is 0 Å². The molecule has 26 heavy (non-hydrogen) atoms. The van der Waals surface area contributed by atoms with Crippen LogP contribution in [0.1, 0.15) is 44.6 Å². The lowest BCUT2D eigenvalue weighted by atomic mass is 9.80. The first-order chi connectivity index (χ1) is 12.4. The minimum atomic E-state index is -1.07. The van der Waals surface area contributed by atoms with Crippen LogP contribution in [0.5, 0.6) is 11.5 Å². The highest BCUT2D eigenvalue weighted by Crippen LogP contribution is 2.35. The normalized spacial score (nSPS) is 17.2. The molecule has 2 rings (SSSR count). The molecule has 0 bridgehead atoms. The first-order valence-corrected chi connectivity index (χ1v) is 9.07. The van der Waals surface area contributed by atoms with Gasteiger partial charge in [0.1, 0.15) is 5.54 Å². The van der Waals surface area contributed by atoms with Crippen LogP contribution in [-0.4, -0.2) is 48.7 Å². The van der Waals surface area contributed by atoms with Crippen LogP contribution in [0, 0.1) is 5.92 Å². The Balaban J connectivity index is 2.14. The summed E-state index contributed by atoms with van der Waals surface area (Å²) in [6.45, 7) is 1.84. The third-order valence-corrected chi connectivity index (χ3v) is 5.46. The molecule has 0 heterocycles. The molecule has 6 heteroatoms. The van der Waals surface area contributed by atoms with Crippen molar-refractivity contribution in [1.29, 1.82) is 0 Å². The Morgan fingerprint density at radius 2 is 1.77 bits per heavy atom. The Morgan fingerprint density at radius 3 is 2.31 bits per heavy atom. The maximum absolute atomic E-state index is 12.9. The van der Waals surface area contributed by atoms with Crippen LogP contribution >= 0.6 is 0 Å². The molecule has 1 aliphatic rings. The van der Waals surface area contributed by atoms with Gasteiger partial charge in [-0.1, -0.05) is 32.3 Å². The Hall–Kier alpha value is -2.24. The summed E-state index contributed by atoms with van der Waals surface area (Å²) < 4.78 is 10.5. The summed E-state index contributed by atoms with van der Waals surface area (Å²) in [6.07, 6.45) is 4.26. The fourth-order valence-corrected chi connectivity index (χ4v) is 3.82. The number of carboxylic acid groups (broad SMARTS) is 1. The van der Waals surface area contributed by atoms with Crippen molar-refractivity contribution >= 4 is 11.9 Å². The van der Waals surface area contributed by atoms with Crippen LogP contribution in [0.15, 0.2) is 18.2 Å². The standard InChI is InChI=1S/C20H29NO5/c1-14(12-15-8-9-16(25-3)17(13-15)26-4)18(22)21(2)20(19(23)24)10-6-5-7-11-20/h8-9,13-14H,5-7,10-12H2,1-4H3,(H,23,24). The summed E-state index contributed by atoms with van der Waals surface area (Å²) in [7, 11) is 4.78. The van der Waals surface area contributed by atoms with Crippen LogP contribution < -0.4 is 9.47 Å². The van der Waals surface area contributed by atoms with E-state index in [-0.39, 0.29) is 11.8 Å². The molecule has 0 spiro atoms. The van der Waals surface area contributed by atoms with E-state index in [1.807, 2.05) is 25.1 Å². The van der Waals surface area contributed by atoms with Crippen LogP contribution in [0.25, 0.3) is 0 Å². The Morgan fingerprint density at radius 1 is 1.15 bits per heavy atom. The molecule has 1 aliphatic carbocycles. The average Bonchev–Trinajstić information content (AvgIpc) is 2.66. The first-order valence-electron chi connectivity index (χ1n) is 9.07. The van der Waals surface area contributed by atoms with E-state index in [0.717, 1.165) is 24.8 Å². The van der Waals surface area contributed by atoms with Gasteiger partial charge in [-0.25, -0.2) is 4.79 Å². The second-order valence-corrected chi connectivity index (χ2v) is 7.09. The summed E-state index contributed by atoms with van der Waals surface area (Å²) in [5.41, 5.74) is -0.119. The van der Waals surface area contributed by atoms with Gasteiger partial charge in [-0.05, 0) is 37.0 Å². The van der Waals surface area contributed by atoms with Crippen molar-refractivity contribution in [3.63, 3.8) is 0 Å². The minimum absolute atomic E-state index is 0.135. The van der Waals surface area contributed by atoms with Gasteiger partial charge in [0.2, 0.25) is 5.91 Å². The van der Waals surface area contributed by atoms with E-state index in [1.54, 1.807) is 21.3 Å². The molecule has 144 valence electrons. The molecule has 1 fully saturated rings. The molecule has 1 N–H and O–H groups in total. The first kappa shape index (κ1) is 20.1. The monoisotopic (exact) mass is 363 g/mol. The average molecular weight is 363 g/mol. The number of aliphatic carboxylic acids is 1. The van der Waals surface area contributed by atoms with Crippen molar-refractivity contribution in [2.75, 3.05) is 21.3 Å². The number of hydrogen-bond acceptors (Lipinski definition) is 4. The number of benzene rings is 1. The van der Waals surface area contributed by atoms with Gasteiger partial charge in [0.15, 0.2) is 11.5 Å². The summed E-state index contributed by atoms with van der Waals surface area (Å²) >= 11 is 0. The summed E-state index contributed by atoms with van der Waals surface area (Å²) in [6, 6.07) is 5.57. The highest BCUT2D eigenvalue weighted by molar-refractivity contribution is 5.88. The molecular weight excluding hydrogens is 334 g/mol. The molecular formula is C20H29NO5. The topological polar surface area (TPSA) is 76.1 Å². The van der Waals surface area contributed by atoms with Crippen LogP contribution in [-0.2, 0) is 16.0 Å². The van der Waals surface area contributed by atoms with Gasteiger partial charge in [-0.15, -0.1) is 0 Å². The molecule has 0 aliphatic heterocycles. The van der Waals surface area contributed by atoms with Crippen molar-refractivity contribution in [3.8, 4) is 11.5 Å². The fourth-order valence-electron chi connectivity index (χ4n) is 3.82. The summed E-state index contributed by atoms with van der Waals surface area (Å²) in [4.78, 5) is 26.3. The Labute approximate surface area is 155 Å². The molecule has 1 aromatic rings. The van der Waals surface area contributed by atoms with E-state index < -0.39 is 11.5 Å². The zero-order valence-corrected chi connectivity index (χ0v) is 16.1. The molecule has 1 amide bonds. The number of ether oxygens (including phenoxy) is 2. The zero-order chi connectivity index (χ0) is 19.3. The number of methoxy groups -OCH3 is 2.